The zero-order chi connectivity index (χ0) is 11.3. The molecule has 1 unspecified atom stereocenters. The normalized spacial score (nSPS) is 12.5. The van der Waals surface area contributed by atoms with Gasteiger partial charge in [-0.2, -0.15) is 0 Å². The average molecular weight is 223 g/mol. The van der Waals surface area contributed by atoms with Crippen LogP contribution in [0.1, 0.15) is 37.6 Å². The Hall–Kier alpha value is -0.830. The molecule has 2 nitrogen and oxygen atoms in total. The molecule has 1 atom stereocenters. The van der Waals surface area contributed by atoms with Gasteiger partial charge in [0.15, 0.2) is 5.78 Å². The number of hydrogen-bond donors (Lipinski definition) is 0. The molecule has 1 aromatic heterocycles. The predicted molar refractivity (Wildman–Crippen MR) is 64.4 cm³/mol. The van der Waals surface area contributed by atoms with Crippen LogP contribution in [0, 0.1) is 5.92 Å². The summed E-state index contributed by atoms with van der Waals surface area (Å²) in [5, 5.41) is 0.866. The first-order chi connectivity index (χ1) is 7.15. The molecule has 3 heteroatoms. The molecule has 0 aliphatic carbocycles. The molecule has 0 aliphatic rings. The molecule has 0 saturated carbocycles. The maximum Gasteiger partial charge on any atom is 0.162 e. The van der Waals surface area contributed by atoms with Gasteiger partial charge < -0.3 is 0 Å². The molecule has 0 fully saturated rings. The van der Waals surface area contributed by atoms with Crippen LogP contribution in [-0.4, -0.2) is 16.5 Å². The minimum Gasteiger partial charge on any atom is -0.294 e. The summed E-state index contributed by atoms with van der Waals surface area (Å²) in [5.41, 5.74) is 0.741. The van der Waals surface area contributed by atoms with Gasteiger partial charge in [-0.05, 0) is 25.0 Å². The van der Waals surface area contributed by atoms with Gasteiger partial charge in [0.05, 0.1) is 0 Å². The highest BCUT2D eigenvalue weighted by Crippen LogP contribution is 2.23. The van der Waals surface area contributed by atoms with E-state index in [0.29, 0.717) is 5.92 Å². The molecule has 0 saturated heterocycles. The standard InChI is InChI=1S/C12H17NOS/c1-4-9(2)8-15-12-11(10(3)14)6-5-7-13-12/h5-7,9H,4,8H2,1-3H3. The van der Waals surface area contributed by atoms with Gasteiger partial charge in [-0.15, -0.1) is 11.8 Å². The number of aromatic nitrogens is 1. The van der Waals surface area contributed by atoms with Crippen molar-refractivity contribution in [1.29, 1.82) is 0 Å². The van der Waals surface area contributed by atoms with Crippen molar-refractivity contribution in [2.45, 2.75) is 32.2 Å². The maximum atomic E-state index is 11.3. The van der Waals surface area contributed by atoms with E-state index in [2.05, 4.69) is 18.8 Å². The number of ketones is 1. The van der Waals surface area contributed by atoms with Gasteiger partial charge in [-0.3, -0.25) is 4.79 Å². The Bertz CT molecular complexity index is 338. The number of thioether (sulfide) groups is 1. The summed E-state index contributed by atoms with van der Waals surface area (Å²) in [6.07, 6.45) is 2.90. The summed E-state index contributed by atoms with van der Waals surface area (Å²) in [6.45, 7) is 5.98. The Morgan fingerprint density at radius 2 is 2.33 bits per heavy atom. The van der Waals surface area contributed by atoms with Crippen LogP contribution in [-0.2, 0) is 0 Å². The van der Waals surface area contributed by atoms with Gasteiger partial charge in [0.2, 0.25) is 0 Å². The Kier molecular flexibility index (Phi) is 4.82. The minimum absolute atomic E-state index is 0.0924. The summed E-state index contributed by atoms with van der Waals surface area (Å²) in [5.74, 6) is 1.78. The summed E-state index contributed by atoms with van der Waals surface area (Å²) in [7, 11) is 0. The van der Waals surface area contributed by atoms with Crippen molar-refractivity contribution < 1.29 is 4.79 Å². The van der Waals surface area contributed by atoms with Gasteiger partial charge >= 0.3 is 0 Å². The number of hydrogen-bond acceptors (Lipinski definition) is 3. The van der Waals surface area contributed by atoms with Crippen LogP contribution in [0.3, 0.4) is 0 Å². The first-order valence-corrected chi connectivity index (χ1v) is 6.22. The second-order valence-electron chi connectivity index (χ2n) is 3.74. The fourth-order valence-corrected chi connectivity index (χ4v) is 2.29. The van der Waals surface area contributed by atoms with E-state index in [9.17, 15) is 4.79 Å². The predicted octanol–water partition coefficient (Wildman–Crippen LogP) is 3.42. The highest BCUT2D eigenvalue weighted by atomic mass is 32.2. The lowest BCUT2D eigenvalue weighted by molar-refractivity contribution is 0.101. The molecule has 0 amide bonds. The third-order valence-electron chi connectivity index (χ3n) is 2.35. The zero-order valence-corrected chi connectivity index (χ0v) is 10.3. The number of carbonyl (C=O) groups excluding carboxylic acids is 1. The van der Waals surface area contributed by atoms with E-state index < -0.39 is 0 Å². The molecule has 0 spiro atoms. The highest BCUT2D eigenvalue weighted by Gasteiger charge is 2.09. The molecular weight excluding hydrogens is 206 g/mol. The third-order valence-corrected chi connectivity index (χ3v) is 3.69. The van der Waals surface area contributed by atoms with Crippen LogP contribution in [0.2, 0.25) is 0 Å². The van der Waals surface area contributed by atoms with Gasteiger partial charge in [-0.1, -0.05) is 20.3 Å². The summed E-state index contributed by atoms with van der Waals surface area (Å²) < 4.78 is 0. The van der Waals surface area contributed by atoms with Crippen LogP contribution in [0.4, 0.5) is 0 Å². The number of carbonyl (C=O) groups is 1. The fourth-order valence-electron chi connectivity index (χ4n) is 1.11. The molecule has 0 bridgehead atoms. The maximum absolute atomic E-state index is 11.3. The topological polar surface area (TPSA) is 30.0 Å². The van der Waals surface area contributed by atoms with Gasteiger partial charge in [0, 0.05) is 17.5 Å². The van der Waals surface area contributed by atoms with E-state index in [0.717, 1.165) is 22.8 Å². The lowest BCUT2D eigenvalue weighted by atomic mass is 10.2. The Morgan fingerprint density at radius 3 is 2.93 bits per heavy atom. The summed E-state index contributed by atoms with van der Waals surface area (Å²) in [4.78, 5) is 15.6. The molecule has 0 aliphatic heterocycles. The van der Waals surface area contributed by atoms with Crippen LogP contribution in [0.25, 0.3) is 0 Å². The lowest BCUT2D eigenvalue weighted by Gasteiger charge is -2.08. The molecule has 0 N–H and O–H groups in total. The quantitative estimate of drug-likeness (QED) is 0.566. The molecule has 82 valence electrons. The largest absolute Gasteiger partial charge is 0.294 e. The smallest absolute Gasteiger partial charge is 0.162 e. The number of pyridine rings is 1. The molecule has 0 radical (unpaired) electrons. The van der Waals surface area contributed by atoms with Gasteiger partial charge in [0.1, 0.15) is 5.03 Å². The van der Waals surface area contributed by atoms with Gasteiger partial charge in [0.25, 0.3) is 0 Å². The second kappa shape index (κ2) is 5.91. The first-order valence-electron chi connectivity index (χ1n) is 5.24. The number of Topliss-reactive ketones (excluding diaryl/α,β-unsaturated/α-hetero) is 1. The lowest BCUT2D eigenvalue weighted by Crippen LogP contribution is -2.00. The summed E-state index contributed by atoms with van der Waals surface area (Å²) in [6, 6.07) is 3.65. The molecule has 15 heavy (non-hydrogen) atoms. The van der Waals surface area contributed by atoms with Crippen molar-refractivity contribution >= 4 is 17.5 Å². The average Bonchev–Trinajstić information content (AvgIpc) is 2.26. The van der Waals surface area contributed by atoms with Gasteiger partial charge in [-0.25, -0.2) is 4.98 Å². The zero-order valence-electron chi connectivity index (χ0n) is 9.49. The number of nitrogens with zero attached hydrogens (tertiary/aromatic N) is 1. The van der Waals surface area contributed by atoms with E-state index in [1.807, 2.05) is 12.1 Å². The van der Waals surface area contributed by atoms with Crippen LogP contribution < -0.4 is 0 Å². The van der Waals surface area contributed by atoms with E-state index in [4.69, 9.17) is 0 Å². The number of rotatable bonds is 5. The molecule has 1 rings (SSSR count). The van der Waals surface area contributed by atoms with Crippen molar-refractivity contribution in [3.8, 4) is 0 Å². The minimum atomic E-state index is 0.0924. The highest BCUT2D eigenvalue weighted by molar-refractivity contribution is 7.99. The van der Waals surface area contributed by atoms with E-state index in [1.54, 1.807) is 24.9 Å². The van der Waals surface area contributed by atoms with Crippen molar-refractivity contribution in [2.75, 3.05) is 5.75 Å². The van der Waals surface area contributed by atoms with E-state index in [1.165, 1.54) is 0 Å². The summed E-state index contributed by atoms with van der Waals surface area (Å²) >= 11 is 1.68. The second-order valence-corrected chi connectivity index (χ2v) is 4.75. The van der Waals surface area contributed by atoms with Crippen LogP contribution in [0.15, 0.2) is 23.4 Å². The Balaban J connectivity index is 2.72. The third kappa shape index (κ3) is 3.67. The van der Waals surface area contributed by atoms with Crippen LogP contribution in [0.5, 0.6) is 0 Å². The van der Waals surface area contributed by atoms with E-state index >= 15 is 0 Å². The van der Waals surface area contributed by atoms with Crippen molar-refractivity contribution in [3.05, 3.63) is 23.9 Å². The van der Waals surface area contributed by atoms with Crippen molar-refractivity contribution in [2.24, 2.45) is 5.92 Å². The first kappa shape index (κ1) is 12.2. The Labute approximate surface area is 95.5 Å². The van der Waals surface area contributed by atoms with Crippen LogP contribution >= 0.6 is 11.8 Å². The SMILES string of the molecule is CCC(C)CSc1ncccc1C(C)=O. The fraction of sp³-hybridized carbons (Fsp3) is 0.500. The molecule has 0 aromatic carbocycles. The van der Waals surface area contributed by atoms with Crippen molar-refractivity contribution in [1.82, 2.24) is 4.98 Å². The molecular formula is C12H17NOS. The van der Waals surface area contributed by atoms with E-state index in [-0.39, 0.29) is 5.78 Å². The van der Waals surface area contributed by atoms with Crippen molar-refractivity contribution in [3.63, 3.8) is 0 Å². The molecule has 1 aromatic rings. The Morgan fingerprint density at radius 1 is 1.60 bits per heavy atom. The monoisotopic (exact) mass is 223 g/mol. The molecule has 1 heterocycles.